The van der Waals surface area contributed by atoms with E-state index in [2.05, 4.69) is 5.10 Å². The van der Waals surface area contributed by atoms with E-state index < -0.39 is 5.97 Å². The smallest absolute Gasteiger partial charge is 0.305 e. The first-order chi connectivity index (χ1) is 5.59. The van der Waals surface area contributed by atoms with Crippen molar-refractivity contribution in [3.8, 4) is 0 Å². The van der Waals surface area contributed by atoms with Gasteiger partial charge < -0.3 is 5.11 Å². The Balaban J connectivity index is 2.58. The highest BCUT2D eigenvalue weighted by Crippen LogP contribution is 2.15. The number of aromatic nitrogens is 2. The van der Waals surface area contributed by atoms with Crippen molar-refractivity contribution in [2.45, 2.75) is 13.0 Å². The molecule has 0 aliphatic carbocycles. The Morgan fingerprint density at radius 1 is 1.83 bits per heavy atom. The Morgan fingerprint density at radius 2 is 2.50 bits per heavy atom. The second-order valence-electron chi connectivity index (χ2n) is 2.17. The van der Waals surface area contributed by atoms with Crippen LogP contribution in [0.3, 0.4) is 0 Å². The van der Waals surface area contributed by atoms with Crippen molar-refractivity contribution in [1.82, 2.24) is 9.78 Å². The second kappa shape index (κ2) is 4.08. The van der Waals surface area contributed by atoms with Gasteiger partial charge in [0.05, 0.1) is 18.0 Å². The van der Waals surface area contributed by atoms with Gasteiger partial charge in [-0.15, -0.1) is 0 Å². The molecule has 4 nitrogen and oxygen atoms in total. The van der Waals surface area contributed by atoms with Crippen LogP contribution in [0.15, 0.2) is 6.20 Å². The number of nitrogens with zero attached hydrogens (tertiary/aromatic N) is 2. The molecule has 0 unspecified atom stereocenters. The minimum atomic E-state index is -0.836. The number of carboxylic acids is 1. The van der Waals surface area contributed by atoms with Crippen molar-refractivity contribution in [3.63, 3.8) is 0 Å². The van der Waals surface area contributed by atoms with Crippen molar-refractivity contribution in [1.29, 1.82) is 0 Å². The van der Waals surface area contributed by atoms with Crippen molar-refractivity contribution < 1.29 is 9.90 Å². The Labute approximate surface area is 87.7 Å². The summed E-state index contributed by atoms with van der Waals surface area (Å²) in [5.41, 5.74) is 0. The zero-order valence-corrected chi connectivity index (χ0v) is 8.91. The van der Waals surface area contributed by atoms with E-state index in [9.17, 15) is 4.79 Å². The zero-order chi connectivity index (χ0) is 9.14. The van der Waals surface area contributed by atoms with Gasteiger partial charge in [0.15, 0.2) is 0 Å². The quantitative estimate of drug-likeness (QED) is 0.863. The number of aliphatic carboxylic acids is 1. The highest BCUT2D eigenvalue weighted by Gasteiger charge is 2.04. The molecular formula is C6H6ClIN2O2. The number of halogens is 2. The second-order valence-corrected chi connectivity index (χ2v) is 3.60. The zero-order valence-electron chi connectivity index (χ0n) is 6.00. The number of aryl methyl sites for hydroxylation is 1. The summed E-state index contributed by atoms with van der Waals surface area (Å²) in [5, 5.41) is 12.9. The highest BCUT2D eigenvalue weighted by atomic mass is 127. The maximum atomic E-state index is 10.2. The van der Waals surface area contributed by atoms with Gasteiger partial charge in [-0.3, -0.25) is 9.48 Å². The van der Waals surface area contributed by atoms with Gasteiger partial charge in [0.1, 0.15) is 3.70 Å². The average molecular weight is 300 g/mol. The van der Waals surface area contributed by atoms with Gasteiger partial charge >= 0.3 is 5.97 Å². The lowest BCUT2D eigenvalue weighted by Crippen LogP contribution is -2.04. The number of hydrogen-bond donors (Lipinski definition) is 1. The van der Waals surface area contributed by atoms with Crippen LogP contribution in [0.5, 0.6) is 0 Å². The monoisotopic (exact) mass is 300 g/mol. The maximum Gasteiger partial charge on any atom is 0.305 e. The van der Waals surface area contributed by atoms with Gasteiger partial charge in [0.2, 0.25) is 0 Å². The fourth-order valence-corrected chi connectivity index (χ4v) is 1.27. The third-order valence-electron chi connectivity index (χ3n) is 1.23. The number of rotatable bonds is 3. The van der Waals surface area contributed by atoms with Crippen LogP contribution < -0.4 is 0 Å². The SMILES string of the molecule is O=C(O)CCn1cc(Cl)c(I)n1. The molecule has 0 atom stereocenters. The summed E-state index contributed by atoms with van der Waals surface area (Å²) < 4.78 is 2.22. The summed E-state index contributed by atoms with van der Waals surface area (Å²) in [5.74, 6) is -0.836. The van der Waals surface area contributed by atoms with Gasteiger partial charge in [-0.1, -0.05) is 11.6 Å². The summed E-state index contributed by atoms with van der Waals surface area (Å²) in [6.07, 6.45) is 1.68. The van der Waals surface area contributed by atoms with Gasteiger partial charge in [-0.25, -0.2) is 0 Å². The average Bonchev–Trinajstić information content (AvgIpc) is 2.28. The van der Waals surface area contributed by atoms with E-state index in [0.29, 0.717) is 15.3 Å². The summed E-state index contributed by atoms with van der Waals surface area (Å²) in [6, 6.07) is 0. The number of hydrogen-bond acceptors (Lipinski definition) is 2. The molecule has 1 rings (SSSR count). The van der Waals surface area contributed by atoms with Crippen molar-refractivity contribution >= 4 is 40.2 Å². The molecule has 0 aliphatic heterocycles. The van der Waals surface area contributed by atoms with E-state index in [0.717, 1.165) is 0 Å². The summed E-state index contributed by atoms with van der Waals surface area (Å²) in [7, 11) is 0. The van der Waals surface area contributed by atoms with Crippen LogP contribution in [-0.4, -0.2) is 20.9 Å². The standard InChI is InChI=1S/C6H6ClIN2O2/c7-4-3-10(9-6(4)8)2-1-5(11)12/h3H,1-2H2,(H,11,12). The van der Waals surface area contributed by atoms with Gasteiger partial charge in [0.25, 0.3) is 0 Å². The number of carboxylic acid groups (broad SMARTS) is 1. The Hall–Kier alpha value is -0.300. The molecule has 0 bridgehead atoms. The highest BCUT2D eigenvalue weighted by molar-refractivity contribution is 14.1. The molecule has 6 heteroatoms. The molecule has 0 saturated heterocycles. The van der Waals surface area contributed by atoms with Crippen LogP contribution >= 0.6 is 34.2 Å². The van der Waals surface area contributed by atoms with Crippen LogP contribution in [-0.2, 0) is 11.3 Å². The minimum absolute atomic E-state index is 0.0636. The predicted octanol–water partition coefficient (Wildman–Crippen LogP) is 1.62. The van der Waals surface area contributed by atoms with Gasteiger partial charge in [-0.2, -0.15) is 5.10 Å². The van der Waals surface area contributed by atoms with E-state index in [4.69, 9.17) is 16.7 Å². The molecule has 1 heterocycles. The fraction of sp³-hybridized carbons (Fsp3) is 0.333. The molecule has 0 radical (unpaired) electrons. The predicted molar refractivity (Wildman–Crippen MR) is 52.2 cm³/mol. The van der Waals surface area contributed by atoms with Gasteiger partial charge in [-0.05, 0) is 22.6 Å². The van der Waals surface area contributed by atoms with E-state index in [-0.39, 0.29) is 6.42 Å². The fourth-order valence-electron chi connectivity index (χ4n) is 0.698. The van der Waals surface area contributed by atoms with E-state index >= 15 is 0 Å². The Bertz CT molecular complexity index is 280. The molecule has 0 spiro atoms. The Kier molecular flexibility index (Phi) is 3.33. The normalized spacial score (nSPS) is 10.2. The van der Waals surface area contributed by atoms with Crippen molar-refractivity contribution in [3.05, 3.63) is 14.9 Å². The molecular weight excluding hydrogens is 294 g/mol. The van der Waals surface area contributed by atoms with Crippen LogP contribution in [0.1, 0.15) is 6.42 Å². The minimum Gasteiger partial charge on any atom is -0.481 e. The first-order valence-electron chi connectivity index (χ1n) is 3.20. The summed E-state index contributed by atoms with van der Waals surface area (Å²) >= 11 is 7.70. The van der Waals surface area contributed by atoms with Crippen LogP contribution in [0.25, 0.3) is 0 Å². The molecule has 1 aromatic rings. The third kappa shape index (κ3) is 2.63. The van der Waals surface area contributed by atoms with Crippen LogP contribution in [0.2, 0.25) is 5.02 Å². The topological polar surface area (TPSA) is 55.1 Å². The molecule has 1 aromatic heterocycles. The molecule has 66 valence electrons. The van der Waals surface area contributed by atoms with Gasteiger partial charge in [0, 0.05) is 6.20 Å². The lowest BCUT2D eigenvalue weighted by Gasteiger charge is -1.95. The van der Waals surface area contributed by atoms with Crippen LogP contribution in [0.4, 0.5) is 0 Å². The first-order valence-corrected chi connectivity index (χ1v) is 4.65. The van der Waals surface area contributed by atoms with E-state index in [1.807, 2.05) is 22.6 Å². The lowest BCUT2D eigenvalue weighted by atomic mass is 10.4. The summed E-state index contributed by atoms with van der Waals surface area (Å²) in [6.45, 7) is 0.359. The van der Waals surface area contributed by atoms with Crippen LogP contribution in [0, 0.1) is 3.70 Å². The number of carbonyl (C=O) groups is 1. The Morgan fingerprint density at radius 3 is 2.92 bits per heavy atom. The largest absolute Gasteiger partial charge is 0.481 e. The van der Waals surface area contributed by atoms with E-state index in [1.165, 1.54) is 4.68 Å². The van der Waals surface area contributed by atoms with Crippen molar-refractivity contribution in [2.24, 2.45) is 0 Å². The molecule has 0 saturated carbocycles. The third-order valence-corrected chi connectivity index (χ3v) is 2.62. The van der Waals surface area contributed by atoms with E-state index in [1.54, 1.807) is 6.20 Å². The molecule has 0 amide bonds. The molecule has 0 aromatic carbocycles. The van der Waals surface area contributed by atoms with Crippen molar-refractivity contribution in [2.75, 3.05) is 0 Å². The molecule has 0 aliphatic rings. The summed E-state index contributed by atoms with van der Waals surface area (Å²) in [4.78, 5) is 10.2. The molecule has 1 N–H and O–H groups in total. The first kappa shape index (κ1) is 9.79. The molecule has 0 fully saturated rings. The molecule has 12 heavy (non-hydrogen) atoms. The lowest BCUT2D eigenvalue weighted by molar-refractivity contribution is -0.137. The maximum absolute atomic E-state index is 10.2.